The van der Waals surface area contributed by atoms with Crippen LogP contribution in [-0.2, 0) is 11.3 Å². The van der Waals surface area contributed by atoms with Crippen LogP contribution in [-0.4, -0.2) is 65.7 Å². The van der Waals surface area contributed by atoms with Crippen molar-refractivity contribution in [1.29, 1.82) is 0 Å². The van der Waals surface area contributed by atoms with Gasteiger partial charge in [-0.1, -0.05) is 55.5 Å². The molecule has 8 heteroatoms. The van der Waals surface area contributed by atoms with Crippen LogP contribution < -0.4 is 5.32 Å². The van der Waals surface area contributed by atoms with Gasteiger partial charge in [0.2, 0.25) is 0 Å². The summed E-state index contributed by atoms with van der Waals surface area (Å²) in [5, 5.41) is 12.7. The van der Waals surface area contributed by atoms with Gasteiger partial charge in [-0.15, -0.1) is 0 Å². The van der Waals surface area contributed by atoms with E-state index in [1.54, 1.807) is 18.0 Å². The van der Waals surface area contributed by atoms with Gasteiger partial charge in [0.05, 0.1) is 25.4 Å². The van der Waals surface area contributed by atoms with Crippen LogP contribution in [0.4, 0.5) is 14.9 Å². The highest BCUT2D eigenvalue weighted by atomic mass is 19.1. The third-order valence-corrected chi connectivity index (χ3v) is 6.97. The van der Waals surface area contributed by atoms with E-state index < -0.39 is 24.0 Å². The number of nitrogens with one attached hydrogen (secondary N) is 1. The number of nitrogens with zero attached hydrogens (tertiary/aromatic N) is 2. The van der Waals surface area contributed by atoms with Crippen molar-refractivity contribution < 1.29 is 23.8 Å². The number of hydrogen-bond donors (Lipinski definition) is 2. The summed E-state index contributed by atoms with van der Waals surface area (Å²) in [6.07, 6.45) is -0.422. The number of rotatable bonds is 5. The van der Waals surface area contributed by atoms with E-state index in [4.69, 9.17) is 4.74 Å². The van der Waals surface area contributed by atoms with E-state index in [1.807, 2.05) is 62.4 Å². The van der Waals surface area contributed by atoms with Crippen molar-refractivity contribution in [2.75, 3.05) is 32.1 Å². The van der Waals surface area contributed by atoms with Gasteiger partial charge in [0.1, 0.15) is 5.82 Å². The number of urea groups is 1. The van der Waals surface area contributed by atoms with Gasteiger partial charge in [0.15, 0.2) is 0 Å². The molecule has 0 bridgehead atoms. The van der Waals surface area contributed by atoms with Crippen LogP contribution in [0.2, 0.25) is 0 Å². The molecule has 38 heavy (non-hydrogen) atoms. The van der Waals surface area contributed by atoms with Gasteiger partial charge in [-0.2, -0.15) is 0 Å². The second-order valence-corrected chi connectivity index (χ2v) is 9.84. The molecular weight excluding hydrogens is 485 g/mol. The Morgan fingerprint density at radius 2 is 1.79 bits per heavy atom. The lowest BCUT2D eigenvalue weighted by atomic mass is 9.94. The molecule has 7 nitrogen and oxygen atoms in total. The summed E-state index contributed by atoms with van der Waals surface area (Å²) in [5.41, 5.74) is 3.57. The van der Waals surface area contributed by atoms with E-state index in [0.717, 1.165) is 16.7 Å². The topological polar surface area (TPSA) is 82.1 Å². The molecule has 0 saturated carbocycles. The second kappa shape index (κ2) is 12.2. The summed E-state index contributed by atoms with van der Waals surface area (Å²) in [4.78, 5) is 29.9. The number of likely N-dealkylation sites (N-methyl/N-ethyl adjacent to an activating group) is 1. The zero-order valence-corrected chi connectivity index (χ0v) is 21.9. The van der Waals surface area contributed by atoms with Gasteiger partial charge in [0.25, 0.3) is 5.91 Å². The van der Waals surface area contributed by atoms with Crippen molar-refractivity contribution in [2.24, 2.45) is 5.92 Å². The smallest absolute Gasteiger partial charge is 0.321 e. The van der Waals surface area contributed by atoms with E-state index >= 15 is 0 Å². The van der Waals surface area contributed by atoms with Crippen molar-refractivity contribution >= 4 is 17.6 Å². The Labute approximate surface area is 222 Å². The first-order chi connectivity index (χ1) is 18.3. The number of anilines is 1. The summed E-state index contributed by atoms with van der Waals surface area (Å²) >= 11 is 0. The number of fused-ring (bicyclic) bond motifs is 3. The molecule has 0 spiro atoms. The molecule has 3 aromatic rings. The van der Waals surface area contributed by atoms with Crippen LogP contribution in [0.25, 0.3) is 11.1 Å². The van der Waals surface area contributed by atoms with Crippen molar-refractivity contribution in [2.45, 2.75) is 32.6 Å². The van der Waals surface area contributed by atoms with Gasteiger partial charge in [-0.05, 0) is 47.9 Å². The van der Waals surface area contributed by atoms with Crippen LogP contribution in [0, 0.1) is 11.7 Å². The third kappa shape index (κ3) is 6.20. The Kier molecular flexibility index (Phi) is 8.76. The highest BCUT2D eigenvalue weighted by molar-refractivity contribution is 6.01. The Morgan fingerprint density at radius 1 is 1.11 bits per heavy atom. The van der Waals surface area contributed by atoms with E-state index in [-0.39, 0.29) is 25.0 Å². The Morgan fingerprint density at radius 3 is 2.50 bits per heavy atom. The first kappa shape index (κ1) is 27.3. The molecule has 1 aliphatic rings. The molecule has 1 heterocycles. The van der Waals surface area contributed by atoms with Crippen LogP contribution in [0.1, 0.15) is 29.8 Å². The second-order valence-electron chi connectivity index (χ2n) is 9.84. The van der Waals surface area contributed by atoms with Crippen molar-refractivity contribution in [3.05, 3.63) is 89.7 Å². The number of benzene rings is 3. The number of ether oxygens (including phenoxy) is 1. The molecule has 0 fully saturated rings. The lowest BCUT2D eigenvalue weighted by molar-refractivity contribution is -0.0178. The van der Waals surface area contributed by atoms with Crippen LogP contribution in [0.5, 0.6) is 0 Å². The molecule has 0 radical (unpaired) electrons. The van der Waals surface area contributed by atoms with Gasteiger partial charge in [-0.25, -0.2) is 9.18 Å². The molecule has 200 valence electrons. The average Bonchev–Trinajstić information content (AvgIpc) is 2.94. The first-order valence-electron chi connectivity index (χ1n) is 12.8. The van der Waals surface area contributed by atoms with Crippen molar-refractivity contribution in [3.63, 3.8) is 0 Å². The minimum absolute atomic E-state index is 0.165. The van der Waals surface area contributed by atoms with E-state index in [1.165, 1.54) is 23.1 Å². The Hall–Kier alpha value is -3.75. The molecule has 0 aromatic heterocycles. The SMILES string of the molecule is C[C@H](CO)N1C[C@H](C)[C@H](CN(C)C(=O)Nc2cccc(F)c2)OCc2ccccc2-c2ccccc2C1=O. The number of carbonyl (C=O) groups excluding carboxylic acids is 2. The molecule has 3 aromatic carbocycles. The van der Waals surface area contributed by atoms with Gasteiger partial charge in [0, 0.05) is 37.3 Å². The summed E-state index contributed by atoms with van der Waals surface area (Å²) in [7, 11) is 1.65. The fourth-order valence-electron chi connectivity index (χ4n) is 4.69. The van der Waals surface area contributed by atoms with Crippen LogP contribution in [0.15, 0.2) is 72.8 Å². The summed E-state index contributed by atoms with van der Waals surface area (Å²) in [6.45, 7) is 4.47. The van der Waals surface area contributed by atoms with E-state index in [9.17, 15) is 19.1 Å². The number of aliphatic hydroxyl groups is 1. The van der Waals surface area contributed by atoms with Crippen LogP contribution >= 0.6 is 0 Å². The molecule has 0 unspecified atom stereocenters. The molecular formula is C30H34FN3O4. The number of carbonyl (C=O) groups is 2. The summed E-state index contributed by atoms with van der Waals surface area (Å²) in [5.74, 6) is -0.773. The van der Waals surface area contributed by atoms with Gasteiger partial charge in [-0.3, -0.25) is 4.79 Å². The Balaban J connectivity index is 1.65. The summed E-state index contributed by atoms with van der Waals surface area (Å²) in [6, 6.07) is 20.2. The lowest BCUT2D eigenvalue weighted by Gasteiger charge is -2.35. The minimum atomic E-state index is -0.437. The molecule has 3 atom stereocenters. The monoisotopic (exact) mass is 519 g/mol. The van der Waals surface area contributed by atoms with Crippen molar-refractivity contribution in [3.8, 4) is 11.1 Å². The number of halogens is 1. The molecule has 3 amide bonds. The zero-order chi connectivity index (χ0) is 27.2. The fourth-order valence-corrected chi connectivity index (χ4v) is 4.69. The lowest BCUT2D eigenvalue weighted by Crippen LogP contribution is -2.48. The maximum atomic E-state index is 13.9. The van der Waals surface area contributed by atoms with E-state index in [2.05, 4.69) is 5.32 Å². The normalized spacial score (nSPS) is 18.6. The maximum Gasteiger partial charge on any atom is 0.321 e. The zero-order valence-electron chi connectivity index (χ0n) is 21.9. The summed E-state index contributed by atoms with van der Waals surface area (Å²) < 4.78 is 20.0. The molecule has 0 aliphatic carbocycles. The van der Waals surface area contributed by atoms with Gasteiger partial charge < -0.3 is 25.0 Å². The van der Waals surface area contributed by atoms with Crippen LogP contribution in [0.3, 0.4) is 0 Å². The Bertz CT molecular complexity index is 1280. The van der Waals surface area contributed by atoms with Gasteiger partial charge >= 0.3 is 6.03 Å². The standard InChI is InChI=1S/C30H34FN3O4/c1-20-16-34(21(2)18-35)29(36)27-14-7-6-13-26(27)25-12-5-4-9-22(25)19-38-28(20)17-33(3)30(37)32-24-11-8-10-23(31)15-24/h4-15,20-21,28,35H,16-19H2,1-3H3,(H,32,37)/t20-,21+,28-/m0/s1. The largest absolute Gasteiger partial charge is 0.394 e. The van der Waals surface area contributed by atoms with Crippen molar-refractivity contribution in [1.82, 2.24) is 9.80 Å². The quantitative estimate of drug-likeness (QED) is 0.496. The number of aliphatic hydroxyl groups excluding tert-OH is 1. The van der Waals surface area contributed by atoms with E-state index in [0.29, 0.717) is 24.4 Å². The molecule has 4 rings (SSSR count). The third-order valence-electron chi connectivity index (χ3n) is 6.97. The predicted octanol–water partition coefficient (Wildman–Crippen LogP) is 5.01. The fraction of sp³-hybridized carbons (Fsp3) is 0.333. The molecule has 2 N–H and O–H groups in total. The number of hydrogen-bond acceptors (Lipinski definition) is 4. The predicted molar refractivity (Wildman–Crippen MR) is 145 cm³/mol. The highest BCUT2D eigenvalue weighted by Crippen LogP contribution is 2.31. The highest BCUT2D eigenvalue weighted by Gasteiger charge is 2.31. The average molecular weight is 520 g/mol. The number of amides is 3. The first-order valence-corrected chi connectivity index (χ1v) is 12.8. The molecule has 0 saturated heterocycles. The molecule has 1 aliphatic heterocycles. The maximum absolute atomic E-state index is 13.9. The minimum Gasteiger partial charge on any atom is -0.394 e.